The normalized spacial score (nSPS) is 17.4. The molecule has 0 aliphatic carbocycles. The zero-order valence-electron chi connectivity index (χ0n) is 14.3. The van der Waals surface area contributed by atoms with Gasteiger partial charge in [-0.2, -0.15) is 0 Å². The van der Waals surface area contributed by atoms with E-state index in [9.17, 15) is 4.79 Å². The molecule has 1 amide bonds. The number of carbonyl (C=O) groups excluding carboxylic acids is 1. The molecule has 0 aromatic carbocycles. The number of aromatic nitrogens is 2. The smallest absolute Gasteiger partial charge is 0.409 e. The summed E-state index contributed by atoms with van der Waals surface area (Å²) in [4.78, 5) is 22.7. The van der Waals surface area contributed by atoms with Gasteiger partial charge in [-0.15, -0.1) is 0 Å². The molecule has 1 unspecified atom stereocenters. The number of likely N-dealkylation sites (tertiary alicyclic amines) is 1. The second-order valence-electron chi connectivity index (χ2n) is 6.46. The summed E-state index contributed by atoms with van der Waals surface area (Å²) in [5.41, 5.74) is 1.88. The van der Waals surface area contributed by atoms with Crippen molar-refractivity contribution in [3.05, 3.63) is 36.2 Å². The van der Waals surface area contributed by atoms with Crippen molar-refractivity contribution in [3.8, 4) is 0 Å². The molecule has 3 heterocycles. The summed E-state index contributed by atoms with van der Waals surface area (Å²) in [7, 11) is 0. The van der Waals surface area contributed by atoms with Crippen molar-refractivity contribution >= 4 is 17.1 Å². The highest BCUT2D eigenvalue weighted by Gasteiger charge is 2.26. The summed E-state index contributed by atoms with van der Waals surface area (Å²) in [6.07, 6.45) is 6.63. The maximum absolute atomic E-state index is 12.0. The Morgan fingerprint density at radius 3 is 3.17 bits per heavy atom. The molecule has 24 heavy (non-hydrogen) atoms. The van der Waals surface area contributed by atoms with Gasteiger partial charge in [-0.1, -0.05) is 13.3 Å². The first-order valence-electron chi connectivity index (χ1n) is 8.88. The number of nitrogens with zero attached hydrogens (tertiary/aromatic N) is 3. The molecule has 1 fully saturated rings. The van der Waals surface area contributed by atoms with Gasteiger partial charge < -0.3 is 9.64 Å². The van der Waals surface area contributed by atoms with Crippen molar-refractivity contribution in [2.24, 2.45) is 5.92 Å². The summed E-state index contributed by atoms with van der Waals surface area (Å²) in [6, 6.07) is 8.11. The monoisotopic (exact) mass is 327 g/mol. The van der Waals surface area contributed by atoms with Gasteiger partial charge in [0.25, 0.3) is 0 Å². The Morgan fingerprint density at radius 2 is 2.29 bits per heavy atom. The molecule has 5 heteroatoms. The number of fused-ring (bicyclic) bond motifs is 1. The predicted molar refractivity (Wildman–Crippen MR) is 93.8 cm³/mol. The Bertz CT molecular complexity index is 689. The van der Waals surface area contributed by atoms with Crippen LogP contribution in [-0.2, 0) is 11.2 Å². The van der Waals surface area contributed by atoms with Crippen molar-refractivity contribution in [1.29, 1.82) is 0 Å². The lowest BCUT2D eigenvalue weighted by Gasteiger charge is -2.16. The first-order chi connectivity index (χ1) is 11.8. The molecule has 1 aliphatic heterocycles. The minimum atomic E-state index is -0.154. The number of unbranched alkanes of at least 4 members (excludes halogenated alkanes) is 1. The Hall–Kier alpha value is -2.17. The molecule has 0 saturated carbocycles. The third-order valence-corrected chi connectivity index (χ3v) is 4.60. The van der Waals surface area contributed by atoms with Gasteiger partial charge in [0.15, 0.2) is 5.65 Å². The summed E-state index contributed by atoms with van der Waals surface area (Å²) in [6.45, 7) is 4.24. The zero-order valence-corrected chi connectivity index (χ0v) is 14.3. The number of pyridine rings is 2. The van der Waals surface area contributed by atoms with E-state index < -0.39 is 0 Å². The van der Waals surface area contributed by atoms with Crippen LogP contribution in [0.2, 0.25) is 0 Å². The molecule has 0 radical (unpaired) electrons. The van der Waals surface area contributed by atoms with Gasteiger partial charge in [0.2, 0.25) is 0 Å². The highest BCUT2D eigenvalue weighted by molar-refractivity contribution is 5.74. The number of carbonyl (C=O) groups is 1. The van der Waals surface area contributed by atoms with Crippen LogP contribution in [0.4, 0.5) is 4.79 Å². The number of hydrogen-bond donors (Lipinski definition) is 0. The molecular weight excluding hydrogens is 302 g/mol. The highest BCUT2D eigenvalue weighted by Crippen LogP contribution is 2.22. The third-order valence-electron chi connectivity index (χ3n) is 4.60. The van der Waals surface area contributed by atoms with E-state index in [1.807, 2.05) is 17.0 Å². The molecule has 0 spiro atoms. The van der Waals surface area contributed by atoms with Crippen LogP contribution in [0.3, 0.4) is 0 Å². The number of rotatable bonds is 6. The van der Waals surface area contributed by atoms with Crippen molar-refractivity contribution in [2.45, 2.75) is 39.0 Å². The van der Waals surface area contributed by atoms with Crippen LogP contribution < -0.4 is 0 Å². The third kappa shape index (κ3) is 4.22. The van der Waals surface area contributed by atoms with Crippen molar-refractivity contribution in [1.82, 2.24) is 14.9 Å². The van der Waals surface area contributed by atoms with Crippen LogP contribution in [0.1, 0.15) is 38.3 Å². The lowest BCUT2D eigenvalue weighted by Crippen LogP contribution is -2.29. The fourth-order valence-corrected chi connectivity index (χ4v) is 3.11. The standard InChI is InChI=1S/C19H25N3O2/c1-2-3-13-24-19(23)22-12-10-15(14-22)6-8-17-9-7-16-5-4-11-20-18(16)21-17/h4-5,7,9,11,15H,2-3,6,8,10,12-14H2,1H3. The Balaban J connectivity index is 1.47. The number of hydrogen-bond acceptors (Lipinski definition) is 4. The lowest BCUT2D eigenvalue weighted by atomic mass is 10.0. The first-order valence-corrected chi connectivity index (χ1v) is 8.88. The molecule has 0 bridgehead atoms. The van der Waals surface area contributed by atoms with E-state index in [4.69, 9.17) is 4.74 Å². The zero-order chi connectivity index (χ0) is 16.8. The van der Waals surface area contributed by atoms with Crippen molar-refractivity contribution in [3.63, 3.8) is 0 Å². The van der Waals surface area contributed by atoms with Gasteiger partial charge >= 0.3 is 6.09 Å². The van der Waals surface area contributed by atoms with E-state index in [1.165, 1.54) is 0 Å². The van der Waals surface area contributed by atoms with Crippen LogP contribution in [0, 0.1) is 5.92 Å². The molecule has 1 saturated heterocycles. The molecule has 2 aromatic heterocycles. The second-order valence-corrected chi connectivity index (χ2v) is 6.46. The van der Waals surface area contributed by atoms with E-state index in [1.54, 1.807) is 6.20 Å². The van der Waals surface area contributed by atoms with Crippen LogP contribution in [-0.4, -0.2) is 40.7 Å². The lowest BCUT2D eigenvalue weighted by molar-refractivity contribution is 0.108. The van der Waals surface area contributed by atoms with E-state index in [0.29, 0.717) is 12.5 Å². The van der Waals surface area contributed by atoms with Crippen LogP contribution in [0.5, 0.6) is 0 Å². The number of ether oxygens (including phenoxy) is 1. The quantitative estimate of drug-likeness (QED) is 0.757. The number of amides is 1. The summed E-state index contributed by atoms with van der Waals surface area (Å²) >= 11 is 0. The average Bonchev–Trinajstić information content (AvgIpc) is 3.09. The van der Waals surface area contributed by atoms with E-state index in [2.05, 4.69) is 29.0 Å². The molecule has 3 rings (SSSR count). The first kappa shape index (κ1) is 16.7. The fraction of sp³-hybridized carbons (Fsp3) is 0.526. The fourth-order valence-electron chi connectivity index (χ4n) is 3.11. The van der Waals surface area contributed by atoms with Gasteiger partial charge in [0.05, 0.1) is 6.61 Å². The van der Waals surface area contributed by atoms with Gasteiger partial charge in [0, 0.05) is 30.4 Å². The van der Waals surface area contributed by atoms with Crippen molar-refractivity contribution in [2.75, 3.05) is 19.7 Å². The maximum Gasteiger partial charge on any atom is 0.409 e. The number of aryl methyl sites for hydroxylation is 1. The molecule has 1 aliphatic rings. The van der Waals surface area contributed by atoms with Crippen LogP contribution >= 0.6 is 0 Å². The Morgan fingerprint density at radius 1 is 1.38 bits per heavy atom. The topological polar surface area (TPSA) is 55.3 Å². The molecule has 2 aromatic rings. The highest BCUT2D eigenvalue weighted by atomic mass is 16.6. The van der Waals surface area contributed by atoms with Gasteiger partial charge in [-0.3, -0.25) is 0 Å². The Labute approximate surface area is 143 Å². The molecule has 128 valence electrons. The van der Waals surface area contributed by atoms with Crippen LogP contribution in [0.15, 0.2) is 30.5 Å². The van der Waals surface area contributed by atoms with Gasteiger partial charge in [0.1, 0.15) is 0 Å². The maximum atomic E-state index is 12.0. The van der Waals surface area contributed by atoms with Gasteiger partial charge in [-0.25, -0.2) is 14.8 Å². The minimum absolute atomic E-state index is 0.154. The van der Waals surface area contributed by atoms with Crippen LogP contribution in [0.25, 0.3) is 11.0 Å². The Kier molecular flexibility index (Phi) is 5.62. The van der Waals surface area contributed by atoms with Gasteiger partial charge in [-0.05, 0) is 55.9 Å². The molecule has 5 nitrogen and oxygen atoms in total. The van der Waals surface area contributed by atoms with E-state index in [-0.39, 0.29) is 6.09 Å². The molecular formula is C19H25N3O2. The van der Waals surface area contributed by atoms with E-state index in [0.717, 1.165) is 61.9 Å². The summed E-state index contributed by atoms with van der Waals surface area (Å²) in [5.74, 6) is 0.532. The minimum Gasteiger partial charge on any atom is -0.449 e. The average molecular weight is 327 g/mol. The molecule has 1 atom stereocenters. The summed E-state index contributed by atoms with van der Waals surface area (Å²) < 4.78 is 5.29. The van der Waals surface area contributed by atoms with E-state index >= 15 is 0 Å². The summed E-state index contributed by atoms with van der Waals surface area (Å²) in [5, 5.41) is 1.07. The predicted octanol–water partition coefficient (Wildman–Crippen LogP) is 3.82. The van der Waals surface area contributed by atoms with Crippen molar-refractivity contribution < 1.29 is 9.53 Å². The molecule has 0 N–H and O–H groups in total. The largest absolute Gasteiger partial charge is 0.449 e. The second kappa shape index (κ2) is 8.08. The SMILES string of the molecule is CCCCOC(=O)N1CCC(CCc2ccc3cccnc3n2)C1.